The van der Waals surface area contributed by atoms with E-state index in [9.17, 15) is 9.90 Å². The first kappa shape index (κ1) is 19.5. The summed E-state index contributed by atoms with van der Waals surface area (Å²) in [7, 11) is 3.52. The van der Waals surface area contributed by atoms with Gasteiger partial charge >= 0.3 is 0 Å². The van der Waals surface area contributed by atoms with Gasteiger partial charge < -0.3 is 20.6 Å². The summed E-state index contributed by atoms with van der Waals surface area (Å²) in [6.07, 6.45) is 9.14. The molecule has 2 bridgehead atoms. The zero-order chi connectivity index (χ0) is 18.7. The third-order valence-electron chi connectivity index (χ3n) is 6.87. The maximum atomic E-state index is 12.0. The summed E-state index contributed by atoms with van der Waals surface area (Å²) >= 11 is 0. The number of fused-ring (bicyclic) bond motifs is 2. The number of amides is 1. The average Bonchev–Trinajstić information content (AvgIpc) is 3.22. The summed E-state index contributed by atoms with van der Waals surface area (Å²) in [4.78, 5) is 18.1. The molecule has 3 saturated carbocycles. The molecule has 3 aliphatic rings. The van der Waals surface area contributed by atoms with Gasteiger partial charge in [0.1, 0.15) is 6.54 Å². The van der Waals surface area contributed by atoms with Crippen molar-refractivity contribution in [3.63, 3.8) is 0 Å². The van der Waals surface area contributed by atoms with Crippen LogP contribution in [0.15, 0.2) is 4.99 Å². The van der Waals surface area contributed by atoms with Gasteiger partial charge in [-0.15, -0.1) is 0 Å². The highest BCUT2D eigenvalue weighted by atomic mass is 16.3. The van der Waals surface area contributed by atoms with Crippen LogP contribution < -0.4 is 10.6 Å². The van der Waals surface area contributed by atoms with Crippen molar-refractivity contribution >= 4 is 11.9 Å². The number of hydrogen-bond acceptors (Lipinski definition) is 3. The number of aliphatic hydroxyl groups excluding tert-OH is 1. The lowest BCUT2D eigenvalue weighted by Crippen LogP contribution is -2.51. The van der Waals surface area contributed by atoms with Crippen molar-refractivity contribution < 1.29 is 9.90 Å². The van der Waals surface area contributed by atoms with Crippen LogP contribution in [0.25, 0.3) is 0 Å². The Balaban J connectivity index is 1.62. The van der Waals surface area contributed by atoms with Gasteiger partial charge in [-0.3, -0.25) is 4.79 Å². The predicted molar refractivity (Wildman–Crippen MR) is 104 cm³/mol. The summed E-state index contributed by atoms with van der Waals surface area (Å²) in [5.41, 5.74) is -0.124. The van der Waals surface area contributed by atoms with E-state index in [1.807, 2.05) is 0 Å². The molecule has 0 heterocycles. The van der Waals surface area contributed by atoms with Gasteiger partial charge in [-0.05, 0) is 43.9 Å². The molecule has 0 aromatic carbocycles. The second-order valence-corrected chi connectivity index (χ2v) is 9.15. The highest BCUT2D eigenvalue weighted by molar-refractivity contribution is 5.85. The number of nitrogens with zero attached hydrogens (tertiary/aromatic N) is 2. The summed E-state index contributed by atoms with van der Waals surface area (Å²) in [6, 6.07) is 0.471. The van der Waals surface area contributed by atoms with Gasteiger partial charge in [-0.25, -0.2) is 4.99 Å². The van der Waals surface area contributed by atoms with E-state index in [-0.39, 0.29) is 24.0 Å². The second-order valence-electron chi connectivity index (χ2n) is 9.15. The van der Waals surface area contributed by atoms with Crippen molar-refractivity contribution in [2.45, 2.75) is 70.4 Å². The topological polar surface area (TPSA) is 77.0 Å². The van der Waals surface area contributed by atoms with Gasteiger partial charge in [0.25, 0.3) is 0 Å². The SMILES string of the molecule is CN(C)C(=O)CN=C(NCC1(C)CCCCC1O)NC1CC2CCC1C2. The summed E-state index contributed by atoms with van der Waals surface area (Å²) < 4.78 is 0. The van der Waals surface area contributed by atoms with Crippen molar-refractivity contribution in [1.82, 2.24) is 15.5 Å². The number of carbonyl (C=O) groups excluding carboxylic acids is 1. The van der Waals surface area contributed by atoms with Gasteiger partial charge in [0.2, 0.25) is 5.91 Å². The van der Waals surface area contributed by atoms with Crippen LogP contribution >= 0.6 is 0 Å². The first-order valence-electron chi connectivity index (χ1n) is 10.3. The van der Waals surface area contributed by atoms with Crippen molar-refractivity contribution in [2.24, 2.45) is 22.2 Å². The lowest BCUT2D eigenvalue weighted by atomic mass is 9.73. The Morgan fingerprint density at radius 3 is 2.65 bits per heavy atom. The third kappa shape index (κ3) is 4.51. The van der Waals surface area contributed by atoms with E-state index in [2.05, 4.69) is 22.5 Å². The number of carbonyl (C=O) groups is 1. The lowest BCUT2D eigenvalue weighted by molar-refractivity contribution is -0.127. The fourth-order valence-corrected chi connectivity index (χ4v) is 4.91. The van der Waals surface area contributed by atoms with Crippen LogP contribution in [0.1, 0.15) is 58.3 Å². The van der Waals surface area contributed by atoms with Crippen LogP contribution in [0.2, 0.25) is 0 Å². The molecule has 0 aromatic rings. The maximum absolute atomic E-state index is 12.0. The second kappa shape index (κ2) is 8.15. The van der Waals surface area contributed by atoms with Crippen LogP contribution in [0.5, 0.6) is 0 Å². The van der Waals surface area contributed by atoms with E-state index < -0.39 is 0 Å². The Bertz CT molecular complexity index is 536. The molecule has 0 radical (unpaired) electrons. The Morgan fingerprint density at radius 2 is 2.04 bits per heavy atom. The molecule has 3 rings (SSSR count). The number of likely N-dealkylation sites (N-methyl/N-ethyl adjacent to an activating group) is 1. The van der Waals surface area contributed by atoms with Crippen LogP contribution in [0.3, 0.4) is 0 Å². The molecule has 6 nitrogen and oxygen atoms in total. The summed E-state index contributed by atoms with van der Waals surface area (Å²) in [6.45, 7) is 3.00. The molecule has 26 heavy (non-hydrogen) atoms. The van der Waals surface area contributed by atoms with E-state index in [4.69, 9.17) is 0 Å². The Morgan fingerprint density at radius 1 is 1.23 bits per heavy atom. The van der Waals surface area contributed by atoms with Gasteiger partial charge in [-0.2, -0.15) is 0 Å². The van der Waals surface area contributed by atoms with E-state index in [0.717, 1.165) is 37.1 Å². The van der Waals surface area contributed by atoms with E-state index in [1.165, 1.54) is 32.1 Å². The maximum Gasteiger partial charge on any atom is 0.243 e. The minimum absolute atomic E-state index is 0.00274. The van der Waals surface area contributed by atoms with Crippen molar-refractivity contribution in [3.8, 4) is 0 Å². The minimum Gasteiger partial charge on any atom is -0.392 e. The Hall–Kier alpha value is -1.30. The van der Waals surface area contributed by atoms with E-state index >= 15 is 0 Å². The summed E-state index contributed by atoms with van der Waals surface area (Å²) in [5, 5.41) is 17.5. The molecule has 5 atom stereocenters. The lowest BCUT2D eigenvalue weighted by Gasteiger charge is -2.39. The van der Waals surface area contributed by atoms with E-state index in [0.29, 0.717) is 12.6 Å². The molecule has 148 valence electrons. The molecule has 0 aliphatic heterocycles. The van der Waals surface area contributed by atoms with Gasteiger partial charge in [0.15, 0.2) is 5.96 Å². The standard InChI is InChI=1S/C20H36N4O2/c1-20(9-5-4-6-17(20)25)13-22-19(21-12-18(26)24(2)3)23-16-11-14-7-8-15(16)10-14/h14-17,25H,4-13H2,1-3H3,(H2,21,22,23). The number of hydrogen-bond donors (Lipinski definition) is 3. The minimum atomic E-state index is -0.268. The number of rotatable bonds is 5. The average molecular weight is 365 g/mol. The predicted octanol–water partition coefficient (Wildman–Crippen LogP) is 1.74. The molecule has 0 aromatic heterocycles. The van der Waals surface area contributed by atoms with Crippen LogP contribution in [0, 0.1) is 17.3 Å². The van der Waals surface area contributed by atoms with Gasteiger partial charge in [0.05, 0.1) is 6.10 Å². The smallest absolute Gasteiger partial charge is 0.243 e. The zero-order valence-electron chi connectivity index (χ0n) is 16.6. The number of guanidine groups is 1. The van der Waals surface area contributed by atoms with E-state index in [1.54, 1.807) is 19.0 Å². The number of aliphatic hydroxyl groups is 1. The molecule has 5 unspecified atom stereocenters. The fourth-order valence-electron chi connectivity index (χ4n) is 4.91. The molecule has 0 saturated heterocycles. The Labute approximate surface area is 157 Å². The van der Waals surface area contributed by atoms with Gasteiger partial charge in [0, 0.05) is 32.1 Å². The molecule has 0 spiro atoms. The van der Waals surface area contributed by atoms with Crippen molar-refractivity contribution in [3.05, 3.63) is 0 Å². The molecule has 3 aliphatic carbocycles. The van der Waals surface area contributed by atoms with Crippen LogP contribution in [-0.2, 0) is 4.79 Å². The third-order valence-corrected chi connectivity index (χ3v) is 6.87. The normalized spacial score (nSPS) is 36.8. The first-order chi connectivity index (χ1) is 12.4. The largest absolute Gasteiger partial charge is 0.392 e. The fraction of sp³-hybridized carbons (Fsp3) is 0.900. The Kier molecular flexibility index (Phi) is 6.10. The van der Waals surface area contributed by atoms with Crippen molar-refractivity contribution in [1.29, 1.82) is 0 Å². The molecular formula is C20H36N4O2. The highest BCUT2D eigenvalue weighted by Crippen LogP contribution is 2.44. The van der Waals surface area contributed by atoms with Crippen LogP contribution in [-0.4, -0.2) is 61.2 Å². The molecule has 1 amide bonds. The number of nitrogens with one attached hydrogen (secondary N) is 2. The molecular weight excluding hydrogens is 328 g/mol. The molecule has 3 fully saturated rings. The quantitative estimate of drug-likeness (QED) is 0.513. The summed E-state index contributed by atoms with van der Waals surface area (Å²) in [5.74, 6) is 2.34. The van der Waals surface area contributed by atoms with Crippen LogP contribution in [0.4, 0.5) is 0 Å². The highest BCUT2D eigenvalue weighted by Gasteiger charge is 2.40. The monoisotopic (exact) mass is 364 g/mol. The van der Waals surface area contributed by atoms with Gasteiger partial charge in [-0.1, -0.05) is 26.2 Å². The molecule has 3 N–H and O–H groups in total. The zero-order valence-corrected chi connectivity index (χ0v) is 16.6. The number of aliphatic imine (C=N–C) groups is 1. The first-order valence-corrected chi connectivity index (χ1v) is 10.3. The van der Waals surface area contributed by atoms with Crippen molar-refractivity contribution in [2.75, 3.05) is 27.2 Å². The molecule has 6 heteroatoms.